The molecule has 2 unspecified atom stereocenters. The summed E-state index contributed by atoms with van der Waals surface area (Å²) in [5.41, 5.74) is 10.8. The fraction of sp³-hybridized carbons (Fsp3) is 0.118. The number of pyridine rings is 2. The quantitative estimate of drug-likeness (QED) is 0.224. The Hall–Kier alpha value is -4.37. The molecule has 0 spiro atoms. The minimum absolute atomic E-state index is 0.225. The minimum Gasteiger partial charge on any atom is -0.207 e. The molecule has 0 saturated carbocycles. The van der Waals surface area contributed by atoms with Crippen molar-refractivity contribution in [2.75, 3.05) is 0 Å². The van der Waals surface area contributed by atoms with Crippen LogP contribution in [-0.4, -0.2) is 0 Å². The van der Waals surface area contributed by atoms with Crippen molar-refractivity contribution < 1.29 is 13.5 Å². The van der Waals surface area contributed by atoms with Crippen LogP contribution in [0, 0.1) is 5.82 Å². The van der Waals surface area contributed by atoms with Gasteiger partial charge in [-0.2, -0.15) is 9.13 Å². The molecular weight excluding hydrogens is 455 g/mol. The van der Waals surface area contributed by atoms with Crippen molar-refractivity contribution in [1.29, 1.82) is 0 Å². The first-order chi connectivity index (χ1) is 18.2. The first-order valence-corrected chi connectivity index (χ1v) is 12.8. The first-order valence-electron chi connectivity index (χ1n) is 12.8. The van der Waals surface area contributed by atoms with Gasteiger partial charge in [-0.1, -0.05) is 48.5 Å². The third kappa shape index (κ3) is 3.62. The predicted octanol–water partition coefficient (Wildman–Crippen LogP) is 7.16. The maximum Gasteiger partial charge on any atom is 0.218 e. The largest absolute Gasteiger partial charge is 0.218 e. The molecule has 178 valence electrons. The molecule has 4 heterocycles. The van der Waals surface area contributed by atoms with Crippen molar-refractivity contribution in [3.05, 3.63) is 139 Å². The van der Waals surface area contributed by atoms with Gasteiger partial charge in [0.25, 0.3) is 0 Å². The molecule has 0 amide bonds. The second-order valence-corrected chi connectivity index (χ2v) is 10.1. The van der Waals surface area contributed by atoms with Gasteiger partial charge in [-0.05, 0) is 66.1 Å². The fourth-order valence-electron chi connectivity index (χ4n) is 6.23. The van der Waals surface area contributed by atoms with Crippen LogP contribution < -0.4 is 9.13 Å². The van der Waals surface area contributed by atoms with Gasteiger partial charge in [0.2, 0.25) is 11.4 Å². The Morgan fingerprint density at radius 1 is 0.676 bits per heavy atom. The van der Waals surface area contributed by atoms with Crippen LogP contribution in [0.25, 0.3) is 39.3 Å². The highest BCUT2D eigenvalue weighted by molar-refractivity contribution is 5.69. The van der Waals surface area contributed by atoms with E-state index < -0.39 is 0 Å². The molecule has 0 aliphatic carbocycles. The van der Waals surface area contributed by atoms with E-state index in [1.807, 2.05) is 12.1 Å². The van der Waals surface area contributed by atoms with Gasteiger partial charge in [0.15, 0.2) is 24.1 Å². The average Bonchev–Trinajstić information content (AvgIpc) is 3.00. The number of rotatable bonds is 1. The Balaban J connectivity index is 1.44. The second kappa shape index (κ2) is 8.63. The number of nitrogens with zero attached hydrogens (tertiary/aromatic N) is 2. The van der Waals surface area contributed by atoms with Crippen molar-refractivity contribution in [2.24, 2.45) is 0 Å². The van der Waals surface area contributed by atoms with E-state index in [1.165, 1.54) is 40.1 Å². The van der Waals surface area contributed by atoms with Crippen LogP contribution in [-0.2, 0) is 6.42 Å². The van der Waals surface area contributed by atoms with Crippen LogP contribution in [0.3, 0.4) is 0 Å². The minimum atomic E-state index is -0.225. The SMILES string of the molecule is C=C1CC2C(Cc3ccccc3-c3ccc(-c4ccc(F)cc4)c[n+]31)c1ccccc1-c1cccc[n+]12. The molecule has 3 heteroatoms. The molecule has 0 radical (unpaired) electrons. The number of allylic oxidation sites excluding steroid dienone is 1. The monoisotopic (exact) mass is 482 g/mol. The van der Waals surface area contributed by atoms with Crippen LogP contribution in [0.15, 0.2) is 122 Å². The number of fused-ring (bicyclic) bond motifs is 9. The molecule has 0 N–H and O–H groups in total. The Bertz CT molecular complexity index is 1670. The lowest BCUT2D eigenvalue weighted by atomic mass is 9.77. The molecule has 2 aliphatic heterocycles. The summed E-state index contributed by atoms with van der Waals surface area (Å²) >= 11 is 0. The van der Waals surface area contributed by atoms with Gasteiger partial charge in [0, 0.05) is 34.9 Å². The summed E-state index contributed by atoms with van der Waals surface area (Å²) < 4.78 is 18.3. The highest BCUT2D eigenvalue weighted by Crippen LogP contribution is 2.44. The third-order valence-corrected chi connectivity index (χ3v) is 7.99. The summed E-state index contributed by atoms with van der Waals surface area (Å²) in [5, 5.41) is 0. The van der Waals surface area contributed by atoms with Crippen LogP contribution >= 0.6 is 0 Å². The molecule has 2 nitrogen and oxygen atoms in total. The molecule has 0 fully saturated rings. The Morgan fingerprint density at radius 3 is 2.27 bits per heavy atom. The molecule has 37 heavy (non-hydrogen) atoms. The van der Waals surface area contributed by atoms with E-state index in [4.69, 9.17) is 0 Å². The van der Waals surface area contributed by atoms with Crippen molar-refractivity contribution in [2.45, 2.75) is 24.8 Å². The normalized spacial score (nSPS) is 17.7. The zero-order valence-electron chi connectivity index (χ0n) is 20.5. The van der Waals surface area contributed by atoms with E-state index in [2.05, 4.69) is 107 Å². The Labute approximate surface area is 216 Å². The van der Waals surface area contributed by atoms with Gasteiger partial charge in [0.1, 0.15) is 5.82 Å². The van der Waals surface area contributed by atoms with E-state index >= 15 is 0 Å². The van der Waals surface area contributed by atoms with Gasteiger partial charge in [0.05, 0.1) is 12.3 Å². The van der Waals surface area contributed by atoms with E-state index in [0.29, 0.717) is 5.92 Å². The summed E-state index contributed by atoms with van der Waals surface area (Å²) in [6, 6.07) is 35.4. The predicted molar refractivity (Wildman–Crippen MR) is 145 cm³/mol. The smallest absolute Gasteiger partial charge is 0.207 e. The lowest BCUT2D eigenvalue weighted by Gasteiger charge is -2.30. The van der Waals surface area contributed by atoms with Crippen molar-refractivity contribution in [1.82, 2.24) is 0 Å². The van der Waals surface area contributed by atoms with Gasteiger partial charge >= 0.3 is 0 Å². The summed E-state index contributed by atoms with van der Waals surface area (Å²) in [6.45, 7) is 4.63. The van der Waals surface area contributed by atoms with Gasteiger partial charge < -0.3 is 0 Å². The van der Waals surface area contributed by atoms with Crippen LogP contribution in [0.4, 0.5) is 4.39 Å². The number of hydrogen-bond acceptors (Lipinski definition) is 0. The molecule has 5 aromatic rings. The maximum absolute atomic E-state index is 13.6. The zero-order valence-corrected chi connectivity index (χ0v) is 20.5. The van der Waals surface area contributed by atoms with Crippen molar-refractivity contribution in [3.63, 3.8) is 0 Å². The second-order valence-electron chi connectivity index (χ2n) is 10.1. The van der Waals surface area contributed by atoms with E-state index in [-0.39, 0.29) is 11.9 Å². The lowest BCUT2D eigenvalue weighted by Crippen LogP contribution is -2.49. The van der Waals surface area contributed by atoms with Crippen LogP contribution in [0.5, 0.6) is 0 Å². The zero-order chi connectivity index (χ0) is 24.9. The van der Waals surface area contributed by atoms with E-state index in [0.717, 1.165) is 35.4 Å². The highest BCUT2D eigenvalue weighted by Gasteiger charge is 2.43. The highest BCUT2D eigenvalue weighted by atomic mass is 19.1. The molecule has 0 saturated heterocycles. The summed E-state index contributed by atoms with van der Waals surface area (Å²) in [7, 11) is 0. The van der Waals surface area contributed by atoms with Gasteiger partial charge in [-0.25, -0.2) is 4.39 Å². The average molecular weight is 483 g/mol. The van der Waals surface area contributed by atoms with Gasteiger partial charge in [-0.15, -0.1) is 0 Å². The number of hydrogen-bond donors (Lipinski definition) is 0. The summed E-state index contributed by atoms with van der Waals surface area (Å²) in [4.78, 5) is 0. The number of halogens is 1. The standard InChI is InChI=1S/C34H27FN2/c1-23-20-34-31(29-10-4-5-11-30(29)32-12-6-7-19-36(32)34)21-25-8-2-3-9-28(25)33-18-15-26(22-37(23)33)24-13-16-27(35)17-14-24/h2-19,22,31,34H,1,20-21H2/q+2. The van der Waals surface area contributed by atoms with E-state index in [1.54, 1.807) is 0 Å². The van der Waals surface area contributed by atoms with Crippen LogP contribution in [0.2, 0.25) is 0 Å². The lowest BCUT2D eigenvalue weighted by molar-refractivity contribution is -0.720. The molecular formula is C34H27FN2+2. The van der Waals surface area contributed by atoms with Gasteiger partial charge in [-0.3, -0.25) is 0 Å². The molecule has 0 bridgehead atoms. The molecule has 2 atom stereocenters. The third-order valence-electron chi connectivity index (χ3n) is 7.99. The topological polar surface area (TPSA) is 7.76 Å². The molecule has 7 rings (SSSR count). The molecule has 2 aromatic heterocycles. The maximum atomic E-state index is 13.6. The fourth-order valence-corrected chi connectivity index (χ4v) is 6.23. The van der Waals surface area contributed by atoms with E-state index in [9.17, 15) is 4.39 Å². The summed E-state index contributed by atoms with van der Waals surface area (Å²) in [6.07, 6.45) is 6.15. The number of benzene rings is 3. The first kappa shape index (κ1) is 21.9. The number of aromatic nitrogens is 2. The molecule has 2 aliphatic rings. The van der Waals surface area contributed by atoms with Crippen molar-refractivity contribution >= 4 is 5.70 Å². The Morgan fingerprint density at radius 2 is 1.41 bits per heavy atom. The van der Waals surface area contributed by atoms with Crippen molar-refractivity contribution in [3.8, 4) is 33.6 Å². The summed E-state index contributed by atoms with van der Waals surface area (Å²) in [5.74, 6) is 0.0947. The molecule has 3 aromatic carbocycles. The van der Waals surface area contributed by atoms with Crippen LogP contribution in [0.1, 0.15) is 29.5 Å². The Kier molecular flexibility index (Phi) is 5.10.